The Morgan fingerprint density at radius 3 is 2.54 bits per heavy atom. The lowest BCUT2D eigenvalue weighted by Crippen LogP contribution is -2.42. The van der Waals surface area contributed by atoms with Gasteiger partial charge >= 0.3 is 0 Å². The summed E-state index contributed by atoms with van der Waals surface area (Å²) < 4.78 is 5.14. The van der Waals surface area contributed by atoms with Gasteiger partial charge < -0.3 is 15.4 Å². The Labute approximate surface area is 168 Å². The third-order valence-corrected chi connectivity index (χ3v) is 5.34. The number of amidine groups is 1. The number of nitrogens with one attached hydrogen (secondary N) is 2. The number of amides is 2. The van der Waals surface area contributed by atoms with Crippen molar-refractivity contribution in [3.8, 4) is 5.75 Å². The monoisotopic (exact) mass is 397 g/mol. The van der Waals surface area contributed by atoms with Crippen LogP contribution < -0.4 is 15.4 Å². The maximum atomic E-state index is 12.6. The van der Waals surface area contributed by atoms with Gasteiger partial charge in [0.1, 0.15) is 11.0 Å². The van der Waals surface area contributed by atoms with Gasteiger partial charge in [-0.25, -0.2) is 0 Å². The van der Waals surface area contributed by atoms with E-state index in [4.69, 9.17) is 4.74 Å². The molecule has 6 nitrogen and oxygen atoms in total. The number of carbonyl (C=O) groups is 2. The molecule has 0 unspecified atom stereocenters. The van der Waals surface area contributed by atoms with E-state index in [1.165, 1.54) is 11.8 Å². The molecule has 0 spiro atoms. The SMILES string of the molecule is COc1ccc(CN=C2NC(=O)C[C@@H](C(=O)Nc3cc(C)cc(C)c3)S2)cc1. The molecule has 1 fully saturated rings. The van der Waals surface area contributed by atoms with Gasteiger partial charge in [-0.3, -0.25) is 14.6 Å². The molecule has 146 valence electrons. The molecule has 0 saturated carbocycles. The summed E-state index contributed by atoms with van der Waals surface area (Å²) in [6, 6.07) is 13.4. The highest BCUT2D eigenvalue weighted by atomic mass is 32.2. The lowest BCUT2D eigenvalue weighted by atomic mass is 10.1. The number of thioether (sulfide) groups is 1. The molecule has 1 heterocycles. The Morgan fingerprint density at radius 1 is 1.21 bits per heavy atom. The molecule has 0 aliphatic carbocycles. The first-order valence-electron chi connectivity index (χ1n) is 8.96. The van der Waals surface area contributed by atoms with Gasteiger partial charge in [0.25, 0.3) is 0 Å². The average molecular weight is 398 g/mol. The van der Waals surface area contributed by atoms with Crippen molar-refractivity contribution >= 4 is 34.4 Å². The van der Waals surface area contributed by atoms with E-state index in [9.17, 15) is 9.59 Å². The van der Waals surface area contributed by atoms with Gasteiger partial charge in [-0.1, -0.05) is 30.0 Å². The summed E-state index contributed by atoms with van der Waals surface area (Å²) in [5, 5.41) is 5.61. The number of anilines is 1. The Hall–Kier alpha value is -2.80. The minimum atomic E-state index is -0.510. The molecular formula is C21H23N3O3S. The minimum absolute atomic E-state index is 0.128. The Kier molecular flexibility index (Phi) is 6.36. The van der Waals surface area contributed by atoms with E-state index >= 15 is 0 Å². The molecule has 2 N–H and O–H groups in total. The minimum Gasteiger partial charge on any atom is -0.497 e. The number of carbonyl (C=O) groups excluding carboxylic acids is 2. The molecule has 1 atom stereocenters. The summed E-state index contributed by atoms with van der Waals surface area (Å²) in [4.78, 5) is 29.1. The van der Waals surface area contributed by atoms with Crippen LogP contribution in [0.25, 0.3) is 0 Å². The number of benzene rings is 2. The second-order valence-corrected chi connectivity index (χ2v) is 7.89. The zero-order valence-corrected chi connectivity index (χ0v) is 16.9. The van der Waals surface area contributed by atoms with Crippen molar-refractivity contribution in [2.75, 3.05) is 12.4 Å². The molecule has 1 saturated heterocycles. The van der Waals surface area contributed by atoms with E-state index < -0.39 is 5.25 Å². The van der Waals surface area contributed by atoms with Crippen LogP contribution in [0.2, 0.25) is 0 Å². The van der Waals surface area contributed by atoms with E-state index in [-0.39, 0.29) is 18.2 Å². The third kappa shape index (κ3) is 5.36. The van der Waals surface area contributed by atoms with E-state index in [0.717, 1.165) is 28.1 Å². The lowest BCUT2D eigenvalue weighted by molar-refractivity contribution is -0.123. The highest BCUT2D eigenvalue weighted by Crippen LogP contribution is 2.24. The van der Waals surface area contributed by atoms with Gasteiger partial charge in [0.2, 0.25) is 11.8 Å². The second-order valence-electron chi connectivity index (χ2n) is 6.69. The fourth-order valence-corrected chi connectivity index (χ4v) is 3.91. The summed E-state index contributed by atoms with van der Waals surface area (Å²) in [5.41, 5.74) is 3.88. The van der Waals surface area contributed by atoms with E-state index in [1.807, 2.05) is 56.3 Å². The van der Waals surface area contributed by atoms with Crippen molar-refractivity contribution in [3.05, 3.63) is 59.2 Å². The van der Waals surface area contributed by atoms with Crippen molar-refractivity contribution in [1.82, 2.24) is 5.32 Å². The van der Waals surface area contributed by atoms with E-state index in [2.05, 4.69) is 15.6 Å². The zero-order chi connectivity index (χ0) is 20.1. The maximum absolute atomic E-state index is 12.6. The van der Waals surface area contributed by atoms with Crippen LogP contribution in [0.5, 0.6) is 5.75 Å². The first-order chi connectivity index (χ1) is 13.4. The second kappa shape index (κ2) is 8.93. The Bertz CT molecular complexity index is 889. The molecule has 2 aromatic carbocycles. The number of aliphatic imine (C=N–C) groups is 1. The largest absolute Gasteiger partial charge is 0.497 e. The first kappa shape index (κ1) is 19.9. The van der Waals surface area contributed by atoms with Crippen LogP contribution in [0.3, 0.4) is 0 Å². The maximum Gasteiger partial charge on any atom is 0.238 e. The van der Waals surface area contributed by atoms with E-state index in [0.29, 0.717) is 11.7 Å². The van der Waals surface area contributed by atoms with Crippen molar-refractivity contribution in [2.24, 2.45) is 4.99 Å². The molecule has 1 aliphatic heterocycles. The quantitative estimate of drug-likeness (QED) is 0.810. The number of hydrogen-bond acceptors (Lipinski definition) is 5. The number of hydrogen-bond donors (Lipinski definition) is 2. The fraction of sp³-hybridized carbons (Fsp3) is 0.286. The highest BCUT2D eigenvalue weighted by Gasteiger charge is 2.30. The smallest absolute Gasteiger partial charge is 0.238 e. The van der Waals surface area contributed by atoms with Crippen LogP contribution in [0.15, 0.2) is 47.5 Å². The van der Waals surface area contributed by atoms with E-state index in [1.54, 1.807) is 7.11 Å². The van der Waals surface area contributed by atoms with Crippen LogP contribution >= 0.6 is 11.8 Å². The summed E-state index contributed by atoms with van der Waals surface area (Å²) in [7, 11) is 1.62. The van der Waals surface area contributed by atoms with Crippen LogP contribution in [-0.2, 0) is 16.1 Å². The molecule has 0 aromatic heterocycles. The van der Waals surface area contributed by atoms with Crippen LogP contribution in [-0.4, -0.2) is 29.3 Å². The summed E-state index contributed by atoms with van der Waals surface area (Å²) in [5.74, 6) is 0.384. The van der Waals surface area contributed by atoms with Crippen LogP contribution in [0.4, 0.5) is 5.69 Å². The molecule has 2 amide bonds. The number of rotatable bonds is 5. The highest BCUT2D eigenvalue weighted by molar-refractivity contribution is 8.15. The fourth-order valence-electron chi connectivity index (χ4n) is 2.93. The third-order valence-electron chi connectivity index (χ3n) is 4.22. The first-order valence-corrected chi connectivity index (χ1v) is 9.84. The Balaban J connectivity index is 1.65. The number of nitrogens with zero attached hydrogens (tertiary/aromatic N) is 1. The molecular weight excluding hydrogens is 374 g/mol. The number of ether oxygens (including phenoxy) is 1. The van der Waals surface area contributed by atoms with Crippen molar-refractivity contribution < 1.29 is 14.3 Å². The standard InChI is InChI=1S/C21H23N3O3S/c1-13-8-14(2)10-16(9-13)23-20(26)18-11-19(25)24-21(28-18)22-12-15-4-6-17(27-3)7-5-15/h4-10,18H,11-12H2,1-3H3,(H,23,26)(H,22,24,25)/t18-/m0/s1. The van der Waals surface area contributed by atoms with Crippen LogP contribution in [0.1, 0.15) is 23.1 Å². The number of aryl methyl sites for hydroxylation is 2. The number of methoxy groups -OCH3 is 1. The lowest BCUT2D eigenvalue weighted by Gasteiger charge is -2.22. The van der Waals surface area contributed by atoms with Gasteiger partial charge in [0.15, 0.2) is 5.17 Å². The topological polar surface area (TPSA) is 79.8 Å². The summed E-state index contributed by atoms with van der Waals surface area (Å²) >= 11 is 1.28. The molecule has 3 rings (SSSR count). The predicted molar refractivity (Wildman–Crippen MR) is 113 cm³/mol. The van der Waals surface area contributed by atoms with Crippen molar-refractivity contribution in [3.63, 3.8) is 0 Å². The summed E-state index contributed by atoms with van der Waals surface area (Å²) in [6.45, 7) is 4.38. The van der Waals surface area contributed by atoms with Crippen LogP contribution in [0, 0.1) is 13.8 Å². The summed E-state index contributed by atoms with van der Waals surface area (Å²) in [6.07, 6.45) is 0.128. The Morgan fingerprint density at radius 2 is 1.89 bits per heavy atom. The zero-order valence-electron chi connectivity index (χ0n) is 16.1. The molecule has 28 heavy (non-hydrogen) atoms. The molecule has 7 heteroatoms. The average Bonchev–Trinajstić information content (AvgIpc) is 2.65. The predicted octanol–water partition coefficient (Wildman–Crippen LogP) is 3.43. The molecule has 1 aliphatic rings. The molecule has 0 radical (unpaired) electrons. The van der Waals surface area contributed by atoms with Gasteiger partial charge in [-0.05, 0) is 54.8 Å². The van der Waals surface area contributed by atoms with Gasteiger partial charge in [0.05, 0.1) is 13.7 Å². The van der Waals surface area contributed by atoms with Crippen molar-refractivity contribution in [1.29, 1.82) is 0 Å². The van der Waals surface area contributed by atoms with Gasteiger partial charge in [-0.2, -0.15) is 0 Å². The van der Waals surface area contributed by atoms with Gasteiger partial charge in [0, 0.05) is 12.1 Å². The van der Waals surface area contributed by atoms with Gasteiger partial charge in [-0.15, -0.1) is 0 Å². The molecule has 2 aromatic rings. The van der Waals surface area contributed by atoms with Crippen molar-refractivity contribution in [2.45, 2.75) is 32.1 Å². The normalized spacial score (nSPS) is 17.9. The molecule has 0 bridgehead atoms.